The molecule has 13 nitrogen and oxygen atoms in total. The molecule has 7 rings (SSSR count). The minimum absolute atomic E-state index is 0.00366. The number of aryl methyl sites for hydroxylation is 1. The molecular weight excluding hydrogens is 842 g/mol. The van der Waals surface area contributed by atoms with Crippen molar-refractivity contribution >= 4 is 40.8 Å². The Balaban J connectivity index is 1.57. The van der Waals surface area contributed by atoms with Gasteiger partial charge in [-0.15, -0.1) is 0 Å². The molecule has 0 radical (unpaired) electrons. The molecule has 4 N–H and O–H groups in total. The van der Waals surface area contributed by atoms with E-state index >= 15 is 9.59 Å². The number of ether oxygens (including phenoxy) is 4. The molecule has 64 heavy (non-hydrogen) atoms. The Hall–Kier alpha value is -5.70. The average molecular weight is 896 g/mol. The predicted molar refractivity (Wildman–Crippen MR) is 238 cm³/mol. The van der Waals surface area contributed by atoms with E-state index in [9.17, 15) is 29.7 Å². The third-order valence-electron chi connectivity index (χ3n) is 12.6. The lowest BCUT2D eigenvalue weighted by Gasteiger charge is -2.36. The molecule has 1 aliphatic carbocycles. The summed E-state index contributed by atoms with van der Waals surface area (Å²) < 4.78 is 23.9. The molecular formula is C50H54ClNO12. The minimum atomic E-state index is -2.14. The first kappa shape index (κ1) is 47.8. The first-order valence-corrected chi connectivity index (χ1v) is 21.5. The topological polar surface area (TPSA) is 195 Å². The van der Waals surface area contributed by atoms with Crippen LogP contribution in [0.3, 0.4) is 0 Å². The van der Waals surface area contributed by atoms with Gasteiger partial charge in [-0.2, -0.15) is 0 Å². The Kier molecular flexibility index (Phi) is 14.3. The molecule has 0 aromatic heterocycles. The standard InChI is InChI=1S/C50H54ClNO12/c1-24-17-19-31(20-18-24)23-33-39-44(57)37-36(43(33)56)38-46(30(7)45(37)63-49(60)32-15-10-11-16-34(32)51)64-50(8,47(38)58)62-22-21-35(61-9)27(4)41(54)29(6)42(55)28(5)40(53)25(2)13-12-14-26(3)48(59)52-39/h10-22,25,27-29,35,40-42,53-55H,23H2,1-9H3,(H,52,59). The molecule has 0 fully saturated rings. The number of Topliss-reactive ketones (excluding diaryl/α,β-unsaturated/α-hetero) is 3. The molecule has 338 valence electrons. The van der Waals surface area contributed by atoms with Gasteiger partial charge < -0.3 is 39.6 Å². The van der Waals surface area contributed by atoms with Gasteiger partial charge in [0.2, 0.25) is 5.78 Å². The number of rotatable bonds is 5. The van der Waals surface area contributed by atoms with Crippen LogP contribution in [0.25, 0.3) is 0 Å². The van der Waals surface area contributed by atoms with E-state index in [-0.39, 0.29) is 50.7 Å². The molecule has 0 spiro atoms. The average Bonchev–Trinajstić information content (AvgIpc) is 3.54. The maximum atomic E-state index is 15.2. The van der Waals surface area contributed by atoms with Crippen LogP contribution in [-0.2, 0) is 20.7 Å². The highest BCUT2D eigenvalue weighted by atomic mass is 35.5. The SMILES string of the molecule is COC1C=COC2(C)Oc3c(C)c(OC(=O)c4ccccc4Cl)c4c(c3C2=O)C(=O)C(Cc2ccc(C)cc2)=C(NC(=O)C(C)=CC=CC(C)C(O)C(C)C(O)C(C)C(O)C1C)C4=O. The number of benzene rings is 3. The second-order valence-electron chi connectivity index (χ2n) is 17.1. The van der Waals surface area contributed by atoms with Crippen LogP contribution in [0.5, 0.6) is 11.5 Å². The summed E-state index contributed by atoms with van der Waals surface area (Å²) in [5.74, 6) is -9.58. The van der Waals surface area contributed by atoms with E-state index in [0.717, 1.165) is 5.56 Å². The van der Waals surface area contributed by atoms with E-state index in [1.807, 2.05) is 19.1 Å². The summed E-state index contributed by atoms with van der Waals surface area (Å²) in [7, 11) is 1.42. The molecule has 14 heteroatoms. The van der Waals surface area contributed by atoms with Crippen molar-refractivity contribution in [3.63, 3.8) is 0 Å². The fraction of sp³-hybridized carbons (Fsp3) is 0.380. The first-order valence-electron chi connectivity index (χ1n) is 21.1. The Bertz CT molecular complexity index is 2500. The Morgan fingerprint density at radius 1 is 0.828 bits per heavy atom. The summed E-state index contributed by atoms with van der Waals surface area (Å²) in [4.78, 5) is 72.9. The summed E-state index contributed by atoms with van der Waals surface area (Å²) >= 11 is 6.38. The third kappa shape index (κ3) is 9.13. The molecule has 4 aliphatic rings. The Morgan fingerprint density at radius 2 is 1.47 bits per heavy atom. The number of carbonyl (C=O) groups is 5. The Morgan fingerprint density at radius 3 is 2.12 bits per heavy atom. The van der Waals surface area contributed by atoms with Crippen LogP contribution >= 0.6 is 11.6 Å². The number of fused-ring (bicyclic) bond motifs is 14. The number of esters is 1. The Labute approximate surface area is 377 Å². The lowest BCUT2D eigenvalue weighted by Crippen LogP contribution is -2.45. The fourth-order valence-electron chi connectivity index (χ4n) is 8.33. The van der Waals surface area contributed by atoms with Crippen LogP contribution in [0.1, 0.15) is 99.7 Å². The zero-order chi connectivity index (χ0) is 46.9. The molecule has 0 saturated carbocycles. The zero-order valence-electron chi connectivity index (χ0n) is 37.2. The van der Waals surface area contributed by atoms with Crippen molar-refractivity contribution in [2.45, 2.75) is 92.0 Å². The summed E-state index contributed by atoms with van der Waals surface area (Å²) in [6.45, 7) is 13.0. The number of hydrogen-bond acceptors (Lipinski definition) is 12. The van der Waals surface area contributed by atoms with Crippen molar-refractivity contribution < 1.29 is 58.2 Å². The summed E-state index contributed by atoms with van der Waals surface area (Å²) in [5.41, 5.74) is -0.0531. The maximum Gasteiger partial charge on any atom is 0.345 e. The summed E-state index contributed by atoms with van der Waals surface area (Å²) in [5, 5.41) is 36.8. The minimum Gasteiger partial charge on any atom is -0.454 e. The van der Waals surface area contributed by atoms with Crippen molar-refractivity contribution in [3.8, 4) is 11.5 Å². The van der Waals surface area contributed by atoms with Gasteiger partial charge in [0.25, 0.3) is 11.7 Å². The smallest absolute Gasteiger partial charge is 0.345 e. The number of carbonyl (C=O) groups excluding carboxylic acids is 5. The van der Waals surface area contributed by atoms with Crippen LogP contribution in [-0.4, -0.2) is 81.9 Å². The van der Waals surface area contributed by atoms with Crippen molar-refractivity contribution in [1.82, 2.24) is 5.32 Å². The van der Waals surface area contributed by atoms with Gasteiger partial charge in [0.1, 0.15) is 11.5 Å². The van der Waals surface area contributed by atoms with Crippen LogP contribution in [0.4, 0.5) is 0 Å². The molecule has 3 aromatic carbocycles. The van der Waals surface area contributed by atoms with Crippen molar-refractivity contribution in [2.24, 2.45) is 23.7 Å². The van der Waals surface area contributed by atoms with Crippen LogP contribution in [0.2, 0.25) is 5.02 Å². The van der Waals surface area contributed by atoms with Crippen LogP contribution < -0.4 is 14.8 Å². The third-order valence-corrected chi connectivity index (χ3v) is 12.9. The van der Waals surface area contributed by atoms with Crippen LogP contribution in [0, 0.1) is 37.5 Å². The molecule has 3 aliphatic heterocycles. The number of hydrogen-bond donors (Lipinski definition) is 4. The molecule has 1 amide bonds. The normalized spacial score (nSPS) is 27.8. The van der Waals surface area contributed by atoms with Gasteiger partial charge in [-0.25, -0.2) is 4.79 Å². The van der Waals surface area contributed by atoms with E-state index < -0.39 is 100.0 Å². The van der Waals surface area contributed by atoms with Gasteiger partial charge in [0, 0.05) is 60.8 Å². The van der Waals surface area contributed by atoms with E-state index in [0.29, 0.717) is 5.56 Å². The highest BCUT2D eigenvalue weighted by Crippen LogP contribution is 2.49. The molecule has 5 bridgehead atoms. The van der Waals surface area contributed by atoms with Crippen molar-refractivity contribution in [2.75, 3.05) is 7.11 Å². The van der Waals surface area contributed by atoms with Crippen molar-refractivity contribution in [1.29, 1.82) is 0 Å². The number of aliphatic hydroxyl groups is 3. The van der Waals surface area contributed by atoms with Gasteiger partial charge in [-0.1, -0.05) is 99.5 Å². The highest BCUT2D eigenvalue weighted by Gasteiger charge is 2.53. The first-order chi connectivity index (χ1) is 30.2. The number of halogens is 1. The van der Waals surface area contributed by atoms with Crippen molar-refractivity contribution in [3.05, 3.63) is 140 Å². The largest absolute Gasteiger partial charge is 0.454 e. The number of methoxy groups -OCH3 is 1. The summed E-state index contributed by atoms with van der Waals surface area (Å²) in [6, 6.07) is 13.3. The summed E-state index contributed by atoms with van der Waals surface area (Å²) in [6.07, 6.45) is 3.01. The maximum absolute atomic E-state index is 15.2. The highest BCUT2D eigenvalue weighted by molar-refractivity contribution is 6.34. The lowest BCUT2D eigenvalue weighted by atomic mass is 9.78. The van der Waals surface area contributed by atoms with Gasteiger partial charge in [0.15, 0.2) is 5.78 Å². The number of nitrogens with one attached hydrogen (secondary N) is 1. The quantitative estimate of drug-likeness (QED) is 0.150. The van der Waals surface area contributed by atoms with E-state index in [4.69, 9.17) is 30.5 Å². The van der Waals surface area contributed by atoms with Crippen LogP contribution in [0.15, 0.2) is 95.9 Å². The van der Waals surface area contributed by atoms with E-state index in [1.54, 1.807) is 64.1 Å². The molecule has 3 aromatic rings. The van der Waals surface area contributed by atoms with Gasteiger partial charge in [-0.3, -0.25) is 19.2 Å². The lowest BCUT2D eigenvalue weighted by molar-refractivity contribution is -0.116. The fourth-order valence-corrected chi connectivity index (χ4v) is 8.54. The van der Waals surface area contributed by atoms with Gasteiger partial charge >= 0.3 is 11.8 Å². The number of allylic oxidation sites excluding steroid dienone is 4. The number of ketones is 3. The number of amides is 1. The number of aliphatic hydroxyl groups excluding tert-OH is 3. The van der Waals surface area contributed by atoms with E-state index in [2.05, 4.69) is 5.32 Å². The van der Waals surface area contributed by atoms with E-state index in [1.165, 1.54) is 58.4 Å². The molecule has 0 saturated heterocycles. The molecule has 9 unspecified atom stereocenters. The molecule has 3 heterocycles. The monoisotopic (exact) mass is 895 g/mol. The zero-order valence-corrected chi connectivity index (χ0v) is 38.0. The molecule has 9 atom stereocenters. The predicted octanol–water partition coefficient (Wildman–Crippen LogP) is 7.15. The van der Waals surface area contributed by atoms with Gasteiger partial charge in [0.05, 0.1) is 63.7 Å². The second-order valence-corrected chi connectivity index (χ2v) is 17.5. The van der Waals surface area contributed by atoms with Gasteiger partial charge in [-0.05, 0) is 44.5 Å². The second kappa shape index (κ2) is 19.2.